The Kier molecular flexibility index (Phi) is 5.41. The van der Waals surface area contributed by atoms with Crippen molar-refractivity contribution in [2.45, 2.75) is 19.4 Å². The average Bonchev–Trinajstić information content (AvgIpc) is 3.40. The summed E-state index contributed by atoms with van der Waals surface area (Å²) in [6.45, 7) is 2.38. The minimum atomic E-state index is -0.285. The molecule has 0 bridgehead atoms. The minimum Gasteiger partial charge on any atom is -0.493 e. The maximum atomic E-state index is 13.0. The Morgan fingerprint density at radius 1 is 1.25 bits per heavy atom. The van der Waals surface area contributed by atoms with Gasteiger partial charge in [0.2, 0.25) is 0 Å². The molecule has 1 saturated heterocycles. The number of benzene rings is 1. The van der Waals surface area contributed by atoms with Gasteiger partial charge in [0.1, 0.15) is 17.3 Å². The number of imidazole rings is 1. The fraction of sp³-hybridized carbons (Fsp3) is 0.333. The fourth-order valence-corrected chi connectivity index (χ4v) is 3.42. The van der Waals surface area contributed by atoms with Crippen LogP contribution in [0.4, 0.5) is 4.39 Å². The Labute approximate surface area is 162 Å². The molecule has 28 heavy (non-hydrogen) atoms. The van der Waals surface area contributed by atoms with Crippen molar-refractivity contribution in [2.75, 3.05) is 19.7 Å². The Balaban J connectivity index is 1.32. The molecule has 3 heterocycles. The number of hydrogen-bond acceptors (Lipinski definition) is 4. The number of halogens is 1. The van der Waals surface area contributed by atoms with Gasteiger partial charge in [-0.25, -0.2) is 9.37 Å². The first kappa shape index (κ1) is 18.3. The maximum Gasteiger partial charge on any atom is 0.289 e. The molecule has 0 N–H and O–H groups in total. The van der Waals surface area contributed by atoms with Crippen LogP contribution in [0.5, 0.6) is 5.75 Å². The van der Waals surface area contributed by atoms with E-state index in [0.717, 1.165) is 18.6 Å². The van der Waals surface area contributed by atoms with Crippen LogP contribution in [0, 0.1) is 11.7 Å². The molecule has 0 saturated carbocycles. The van der Waals surface area contributed by atoms with Crippen LogP contribution in [0.3, 0.4) is 0 Å². The summed E-state index contributed by atoms with van der Waals surface area (Å²) in [4.78, 5) is 18.6. The molecule has 7 heteroatoms. The van der Waals surface area contributed by atoms with Crippen LogP contribution in [0.15, 0.2) is 59.5 Å². The second-order valence-electron chi connectivity index (χ2n) is 7.03. The van der Waals surface area contributed by atoms with E-state index in [1.807, 2.05) is 21.7 Å². The van der Waals surface area contributed by atoms with Gasteiger partial charge in [-0.1, -0.05) is 0 Å². The van der Waals surface area contributed by atoms with E-state index in [2.05, 4.69) is 4.98 Å². The number of amides is 1. The van der Waals surface area contributed by atoms with Crippen LogP contribution in [0.2, 0.25) is 0 Å². The van der Waals surface area contributed by atoms with Crippen molar-refractivity contribution in [1.82, 2.24) is 14.5 Å². The molecule has 2 aromatic heterocycles. The molecule has 6 nitrogen and oxygen atoms in total. The van der Waals surface area contributed by atoms with Crippen molar-refractivity contribution >= 4 is 5.91 Å². The summed E-state index contributed by atoms with van der Waals surface area (Å²) in [5, 5.41) is 0. The number of carbonyl (C=O) groups excluding carboxylic acids is 1. The molecule has 3 aromatic rings. The summed E-state index contributed by atoms with van der Waals surface area (Å²) in [5.41, 5.74) is 0. The van der Waals surface area contributed by atoms with Crippen LogP contribution in [0.1, 0.15) is 29.2 Å². The zero-order valence-electron chi connectivity index (χ0n) is 15.5. The highest BCUT2D eigenvalue weighted by Gasteiger charge is 2.26. The van der Waals surface area contributed by atoms with E-state index in [1.165, 1.54) is 12.1 Å². The SMILES string of the molecule is O=C(c1ccc(Cn2ccnc2)o1)N1CCC[C@@H](COc2ccc(F)cc2)C1. The zero-order valence-corrected chi connectivity index (χ0v) is 15.5. The van der Waals surface area contributed by atoms with Gasteiger partial charge in [0.05, 0.1) is 19.5 Å². The summed E-state index contributed by atoms with van der Waals surface area (Å²) in [6, 6.07) is 9.55. The third-order valence-corrected chi connectivity index (χ3v) is 4.88. The van der Waals surface area contributed by atoms with E-state index in [1.54, 1.807) is 30.7 Å². The molecular weight excluding hydrogens is 361 g/mol. The minimum absolute atomic E-state index is 0.0941. The number of rotatable bonds is 6. The van der Waals surface area contributed by atoms with Gasteiger partial charge in [0.15, 0.2) is 5.76 Å². The summed E-state index contributed by atoms with van der Waals surface area (Å²) in [6.07, 6.45) is 7.18. The van der Waals surface area contributed by atoms with Gasteiger partial charge in [-0.2, -0.15) is 0 Å². The molecule has 1 fully saturated rings. The summed E-state index contributed by atoms with van der Waals surface area (Å²) in [7, 11) is 0. The molecular formula is C21H22FN3O3. The number of nitrogens with zero attached hydrogens (tertiary/aromatic N) is 3. The number of carbonyl (C=O) groups is 1. The van der Waals surface area contributed by atoms with Crippen LogP contribution >= 0.6 is 0 Å². The topological polar surface area (TPSA) is 60.5 Å². The molecule has 0 radical (unpaired) electrons. The summed E-state index contributed by atoms with van der Waals surface area (Å²) >= 11 is 0. The highest BCUT2D eigenvalue weighted by Crippen LogP contribution is 2.21. The largest absolute Gasteiger partial charge is 0.493 e. The standard InChI is InChI=1S/C21H22FN3O3/c22-17-3-5-18(6-4-17)27-14-16-2-1-10-25(12-16)21(26)20-8-7-19(28-20)13-24-11-9-23-15-24/h3-9,11,15-16H,1-2,10,12-14H2/t16-/m1/s1. The molecule has 0 unspecified atom stereocenters. The smallest absolute Gasteiger partial charge is 0.289 e. The summed E-state index contributed by atoms with van der Waals surface area (Å²) < 4.78 is 26.4. The number of ether oxygens (including phenoxy) is 1. The van der Waals surface area contributed by atoms with E-state index in [4.69, 9.17) is 9.15 Å². The number of aromatic nitrogens is 2. The zero-order chi connectivity index (χ0) is 19.3. The molecule has 4 rings (SSSR count). The molecule has 0 aliphatic carbocycles. The van der Waals surface area contributed by atoms with Crippen molar-refractivity contribution in [3.8, 4) is 5.75 Å². The van der Waals surface area contributed by atoms with Gasteiger partial charge < -0.3 is 18.6 Å². The monoisotopic (exact) mass is 383 g/mol. The van der Waals surface area contributed by atoms with Gasteiger partial charge in [0.25, 0.3) is 5.91 Å². The predicted molar refractivity (Wildman–Crippen MR) is 101 cm³/mol. The lowest BCUT2D eigenvalue weighted by molar-refractivity contribution is 0.0600. The van der Waals surface area contributed by atoms with Crippen molar-refractivity contribution in [3.05, 3.63) is 72.5 Å². The lowest BCUT2D eigenvalue weighted by Gasteiger charge is -2.32. The molecule has 1 aromatic carbocycles. The normalized spacial score (nSPS) is 16.9. The first-order chi connectivity index (χ1) is 13.7. The Hall–Kier alpha value is -3.09. The first-order valence-corrected chi connectivity index (χ1v) is 9.39. The number of likely N-dealkylation sites (tertiary alicyclic amines) is 1. The fourth-order valence-electron chi connectivity index (χ4n) is 3.42. The second kappa shape index (κ2) is 8.29. The lowest BCUT2D eigenvalue weighted by atomic mass is 9.99. The maximum absolute atomic E-state index is 13.0. The third kappa shape index (κ3) is 4.42. The van der Waals surface area contributed by atoms with Gasteiger partial charge in [-0.05, 0) is 49.2 Å². The molecule has 146 valence electrons. The Bertz CT molecular complexity index is 905. The molecule has 1 amide bonds. The highest BCUT2D eigenvalue weighted by atomic mass is 19.1. The molecule has 0 spiro atoms. The molecule has 1 aliphatic heterocycles. The van der Waals surface area contributed by atoms with Gasteiger partial charge in [-0.15, -0.1) is 0 Å². The molecule has 1 atom stereocenters. The van der Waals surface area contributed by atoms with E-state index in [-0.39, 0.29) is 17.6 Å². The van der Waals surface area contributed by atoms with Crippen molar-refractivity contribution in [1.29, 1.82) is 0 Å². The van der Waals surface area contributed by atoms with Crippen molar-refractivity contribution in [3.63, 3.8) is 0 Å². The first-order valence-electron chi connectivity index (χ1n) is 9.39. The number of furan rings is 1. The Morgan fingerprint density at radius 2 is 2.11 bits per heavy atom. The number of hydrogen-bond donors (Lipinski definition) is 0. The van der Waals surface area contributed by atoms with Crippen molar-refractivity contribution in [2.24, 2.45) is 5.92 Å². The predicted octanol–water partition coefficient (Wildman–Crippen LogP) is 3.59. The van der Waals surface area contributed by atoms with Crippen LogP contribution in [-0.2, 0) is 6.54 Å². The Morgan fingerprint density at radius 3 is 2.89 bits per heavy atom. The van der Waals surface area contributed by atoms with Crippen LogP contribution < -0.4 is 4.74 Å². The molecule has 1 aliphatic rings. The van der Waals surface area contributed by atoms with E-state index in [0.29, 0.717) is 37.8 Å². The third-order valence-electron chi connectivity index (χ3n) is 4.88. The van der Waals surface area contributed by atoms with Gasteiger partial charge in [-0.3, -0.25) is 4.79 Å². The summed E-state index contributed by atoms with van der Waals surface area (Å²) in [5.74, 6) is 1.57. The number of piperidine rings is 1. The van der Waals surface area contributed by atoms with Gasteiger partial charge >= 0.3 is 0 Å². The lowest BCUT2D eigenvalue weighted by Crippen LogP contribution is -2.41. The second-order valence-corrected chi connectivity index (χ2v) is 7.03. The average molecular weight is 383 g/mol. The quantitative estimate of drug-likeness (QED) is 0.653. The highest BCUT2D eigenvalue weighted by molar-refractivity contribution is 5.91. The van der Waals surface area contributed by atoms with Crippen LogP contribution in [-0.4, -0.2) is 40.1 Å². The van der Waals surface area contributed by atoms with E-state index in [9.17, 15) is 9.18 Å². The van der Waals surface area contributed by atoms with Crippen molar-refractivity contribution < 1.29 is 18.3 Å². The van der Waals surface area contributed by atoms with E-state index < -0.39 is 0 Å². The van der Waals surface area contributed by atoms with Crippen LogP contribution in [0.25, 0.3) is 0 Å². The van der Waals surface area contributed by atoms with E-state index >= 15 is 0 Å². The van der Waals surface area contributed by atoms with Gasteiger partial charge in [0, 0.05) is 31.4 Å².